The zero-order valence-corrected chi connectivity index (χ0v) is 12.0. The average Bonchev–Trinajstić information content (AvgIpc) is 2.82. The highest BCUT2D eigenvalue weighted by molar-refractivity contribution is 8.00. The fourth-order valence-corrected chi connectivity index (χ4v) is 2.54. The van der Waals surface area contributed by atoms with Gasteiger partial charge < -0.3 is 14.8 Å². The quantitative estimate of drug-likeness (QED) is 0.822. The molecule has 20 heavy (non-hydrogen) atoms. The Hall–Kier alpha value is -2.02. The van der Waals surface area contributed by atoms with Gasteiger partial charge in [0.25, 0.3) is 0 Å². The maximum absolute atomic E-state index is 10.9. The van der Waals surface area contributed by atoms with Crippen molar-refractivity contribution in [2.45, 2.75) is 30.8 Å². The second-order valence-corrected chi connectivity index (χ2v) is 5.50. The zero-order chi connectivity index (χ0) is 14.7. The van der Waals surface area contributed by atoms with Crippen LogP contribution in [-0.2, 0) is 11.3 Å². The van der Waals surface area contributed by atoms with Gasteiger partial charge in [0.1, 0.15) is 11.0 Å². The third kappa shape index (κ3) is 2.93. The maximum Gasteiger partial charge on any atom is 0.316 e. The van der Waals surface area contributed by atoms with E-state index in [4.69, 9.17) is 5.11 Å². The van der Waals surface area contributed by atoms with Crippen LogP contribution in [0.3, 0.4) is 0 Å². The number of carboxylic acids is 1. The number of aromatic hydroxyl groups is 1. The molecule has 0 bridgehead atoms. The largest absolute Gasteiger partial charge is 0.508 e. The van der Waals surface area contributed by atoms with Crippen molar-refractivity contribution in [1.82, 2.24) is 14.8 Å². The number of phenols is 1. The van der Waals surface area contributed by atoms with Crippen LogP contribution in [0.25, 0.3) is 11.4 Å². The Bertz CT molecular complexity index is 610. The Kier molecular flexibility index (Phi) is 4.29. The van der Waals surface area contributed by atoms with Crippen LogP contribution >= 0.6 is 11.8 Å². The van der Waals surface area contributed by atoms with Crippen molar-refractivity contribution in [1.29, 1.82) is 0 Å². The summed E-state index contributed by atoms with van der Waals surface area (Å²) in [6.45, 7) is 4.20. The van der Waals surface area contributed by atoms with Gasteiger partial charge in [-0.25, -0.2) is 0 Å². The predicted octanol–water partition coefficient (Wildman–Crippen LogP) is 2.24. The molecule has 0 amide bonds. The number of phenolic OH excluding ortho intramolecular Hbond substituents is 1. The summed E-state index contributed by atoms with van der Waals surface area (Å²) >= 11 is 1.16. The van der Waals surface area contributed by atoms with Crippen LogP contribution in [0.1, 0.15) is 13.8 Å². The van der Waals surface area contributed by atoms with Crippen molar-refractivity contribution < 1.29 is 15.0 Å². The standard InChI is InChI=1S/C13H15N3O3S/c1-3-16-11(9-4-6-10(17)7-5-9)14-15-13(16)20-8(2)12(18)19/h4-8,17H,3H2,1-2H3,(H,18,19). The van der Waals surface area contributed by atoms with Gasteiger partial charge in [0, 0.05) is 12.1 Å². The number of aliphatic carboxylic acids is 1. The molecule has 0 aliphatic rings. The highest BCUT2D eigenvalue weighted by Gasteiger charge is 2.19. The number of benzene rings is 1. The van der Waals surface area contributed by atoms with E-state index in [1.165, 1.54) is 0 Å². The monoisotopic (exact) mass is 293 g/mol. The van der Waals surface area contributed by atoms with E-state index in [1.807, 2.05) is 11.5 Å². The van der Waals surface area contributed by atoms with Crippen molar-refractivity contribution in [3.8, 4) is 17.1 Å². The molecule has 1 atom stereocenters. The summed E-state index contributed by atoms with van der Waals surface area (Å²) in [5.74, 6) is -0.0372. The normalized spacial score (nSPS) is 12.3. The lowest BCUT2D eigenvalue weighted by atomic mass is 10.2. The van der Waals surface area contributed by atoms with Gasteiger partial charge in [-0.05, 0) is 38.1 Å². The van der Waals surface area contributed by atoms with Crippen molar-refractivity contribution >= 4 is 17.7 Å². The molecule has 7 heteroatoms. The van der Waals surface area contributed by atoms with E-state index in [-0.39, 0.29) is 5.75 Å². The molecule has 106 valence electrons. The summed E-state index contributed by atoms with van der Waals surface area (Å²) in [5.41, 5.74) is 0.826. The highest BCUT2D eigenvalue weighted by atomic mass is 32.2. The van der Waals surface area contributed by atoms with Crippen molar-refractivity contribution in [3.05, 3.63) is 24.3 Å². The van der Waals surface area contributed by atoms with Gasteiger partial charge in [-0.3, -0.25) is 4.79 Å². The van der Waals surface area contributed by atoms with Crippen LogP contribution in [0.5, 0.6) is 5.75 Å². The molecular formula is C13H15N3O3S. The summed E-state index contributed by atoms with van der Waals surface area (Å²) in [6, 6.07) is 6.66. The SMILES string of the molecule is CCn1c(SC(C)C(=O)O)nnc1-c1ccc(O)cc1. The van der Waals surface area contributed by atoms with Crippen molar-refractivity contribution in [2.75, 3.05) is 0 Å². The van der Waals surface area contributed by atoms with Crippen LogP contribution in [0.2, 0.25) is 0 Å². The van der Waals surface area contributed by atoms with E-state index in [0.717, 1.165) is 17.3 Å². The Labute approximate surface area is 120 Å². The molecular weight excluding hydrogens is 278 g/mol. The minimum Gasteiger partial charge on any atom is -0.508 e. The topological polar surface area (TPSA) is 88.2 Å². The molecule has 0 radical (unpaired) electrons. The van der Waals surface area contributed by atoms with Crippen molar-refractivity contribution in [3.63, 3.8) is 0 Å². The van der Waals surface area contributed by atoms with E-state index in [2.05, 4.69) is 10.2 Å². The third-order valence-electron chi connectivity index (χ3n) is 2.79. The van der Waals surface area contributed by atoms with E-state index in [9.17, 15) is 9.90 Å². The minimum absolute atomic E-state index is 0.186. The summed E-state index contributed by atoms with van der Waals surface area (Å²) in [4.78, 5) is 10.9. The Balaban J connectivity index is 2.34. The number of thioether (sulfide) groups is 1. The van der Waals surface area contributed by atoms with E-state index in [0.29, 0.717) is 17.5 Å². The Morgan fingerprint density at radius 3 is 2.55 bits per heavy atom. The average molecular weight is 293 g/mol. The maximum atomic E-state index is 10.9. The van der Waals surface area contributed by atoms with E-state index in [1.54, 1.807) is 31.2 Å². The van der Waals surface area contributed by atoms with Gasteiger partial charge in [0.15, 0.2) is 11.0 Å². The van der Waals surface area contributed by atoms with Gasteiger partial charge in [-0.1, -0.05) is 11.8 Å². The first-order valence-corrected chi connectivity index (χ1v) is 7.03. The van der Waals surface area contributed by atoms with Crippen molar-refractivity contribution in [2.24, 2.45) is 0 Å². The predicted molar refractivity (Wildman–Crippen MR) is 75.8 cm³/mol. The van der Waals surface area contributed by atoms with Crippen LogP contribution in [0.15, 0.2) is 29.4 Å². The number of aromatic nitrogens is 3. The first kappa shape index (κ1) is 14.4. The summed E-state index contributed by atoms with van der Waals surface area (Å²) in [6.07, 6.45) is 0. The zero-order valence-electron chi connectivity index (χ0n) is 11.1. The Morgan fingerprint density at radius 2 is 2.00 bits per heavy atom. The van der Waals surface area contributed by atoms with Crippen LogP contribution in [0.4, 0.5) is 0 Å². The summed E-state index contributed by atoms with van der Waals surface area (Å²) in [5, 5.41) is 26.4. The van der Waals surface area contributed by atoms with E-state index < -0.39 is 11.2 Å². The van der Waals surface area contributed by atoms with Gasteiger partial charge in [0.05, 0.1) is 0 Å². The molecule has 6 nitrogen and oxygen atoms in total. The molecule has 1 aromatic heterocycles. The molecule has 0 saturated carbocycles. The fraction of sp³-hybridized carbons (Fsp3) is 0.308. The lowest BCUT2D eigenvalue weighted by molar-refractivity contribution is -0.136. The van der Waals surface area contributed by atoms with Gasteiger partial charge in [-0.15, -0.1) is 10.2 Å². The molecule has 0 aliphatic heterocycles. The summed E-state index contributed by atoms with van der Waals surface area (Å²) in [7, 11) is 0. The molecule has 2 aromatic rings. The lowest BCUT2D eigenvalue weighted by Crippen LogP contribution is -2.13. The molecule has 1 heterocycles. The first-order valence-electron chi connectivity index (χ1n) is 6.15. The fourth-order valence-electron chi connectivity index (χ4n) is 1.69. The molecule has 1 aromatic carbocycles. The number of carboxylic acid groups (broad SMARTS) is 1. The van der Waals surface area contributed by atoms with Gasteiger partial charge in [0.2, 0.25) is 0 Å². The molecule has 0 spiro atoms. The number of hydrogen-bond acceptors (Lipinski definition) is 5. The second kappa shape index (κ2) is 5.96. The molecule has 0 saturated heterocycles. The van der Waals surface area contributed by atoms with Crippen LogP contribution in [-0.4, -0.2) is 36.2 Å². The number of nitrogens with zero attached hydrogens (tertiary/aromatic N) is 3. The van der Waals surface area contributed by atoms with Crippen LogP contribution < -0.4 is 0 Å². The summed E-state index contributed by atoms with van der Waals surface area (Å²) < 4.78 is 1.86. The minimum atomic E-state index is -0.883. The molecule has 2 N–H and O–H groups in total. The number of carbonyl (C=O) groups is 1. The lowest BCUT2D eigenvalue weighted by Gasteiger charge is -2.09. The second-order valence-electron chi connectivity index (χ2n) is 4.20. The number of rotatable bonds is 5. The van der Waals surface area contributed by atoms with Gasteiger partial charge in [-0.2, -0.15) is 0 Å². The highest BCUT2D eigenvalue weighted by Crippen LogP contribution is 2.27. The molecule has 2 rings (SSSR count). The first-order chi connectivity index (χ1) is 9.52. The molecule has 1 unspecified atom stereocenters. The number of hydrogen-bond donors (Lipinski definition) is 2. The van der Waals surface area contributed by atoms with Crippen LogP contribution in [0, 0.1) is 0 Å². The Morgan fingerprint density at radius 1 is 1.35 bits per heavy atom. The van der Waals surface area contributed by atoms with Gasteiger partial charge >= 0.3 is 5.97 Å². The smallest absolute Gasteiger partial charge is 0.316 e. The molecule has 0 fully saturated rings. The third-order valence-corrected chi connectivity index (χ3v) is 3.86. The molecule has 0 aliphatic carbocycles. The van der Waals surface area contributed by atoms with E-state index >= 15 is 0 Å².